The SMILES string of the molecule is O=C(Cc1cccs1)Nc1cc(Cl)ccc1O. The quantitative estimate of drug-likeness (QED) is 0.839. The van der Waals surface area contributed by atoms with Crippen molar-refractivity contribution in [2.75, 3.05) is 5.32 Å². The fraction of sp³-hybridized carbons (Fsp3) is 0.0833. The second-order valence-corrected chi connectivity index (χ2v) is 4.93. The van der Waals surface area contributed by atoms with Crippen LogP contribution in [-0.2, 0) is 11.2 Å². The Bertz CT molecular complexity index is 525. The molecule has 1 aromatic carbocycles. The Balaban J connectivity index is 2.05. The molecule has 2 N–H and O–H groups in total. The van der Waals surface area contributed by atoms with E-state index in [0.717, 1.165) is 4.88 Å². The predicted octanol–water partition coefficient (Wildman–Crippen LogP) is 3.29. The fourth-order valence-electron chi connectivity index (χ4n) is 1.37. The number of carbonyl (C=O) groups excluding carboxylic acids is 1. The highest BCUT2D eigenvalue weighted by molar-refractivity contribution is 7.10. The van der Waals surface area contributed by atoms with Crippen LogP contribution >= 0.6 is 22.9 Å². The Morgan fingerprint density at radius 3 is 2.94 bits per heavy atom. The van der Waals surface area contributed by atoms with Crippen LogP contribution in [-0.4, -0.2) is 11.0 Å². The Hall–Kier alpha value is -1.52. The van der Waals surface area contributed by atoms with Crippen LogP contribution in [0.25, 0.3) is 0 Å². The molecule has 0 spiro atoms. The maximum absolute atomic E-state index is 11.7. The van der Waals surface area contributed by atoms with Crippen LogP contribution in [0.2, 0.25) is 5.02 Å². The molecular weight excluding hydrogens is 258 g/mol. The highest BCUT2D eigenvalue weighted by atomic mass is 35.5. The number of rotatable bonds is 3. The van der Waals surface area contributed by atoms with Gasteiger partial charge in [0, 0.05) is 9.90 Å². The average Bonchev–Trinajstić information content (AvgIpc) is 2.76. The van der Waals surface area contributed by atoms with E-state index in [1.807, 2.05) is 17.5 Å². The molecule has 5 heteroatoms. The van der Waals surface area contributed by atoms with Gasteiger partial charge in [0.1, 0.15) is 5.75 Å². The van der Waals surface area contributed by atoms with E-state index in [0.29, 0.717) is 17.1 Å². The summed E-state index contributed by atoms with van der Waals surface area (Å²) in [4.78, 5) is 12.7. The molecule has 17 heavy (non-hydrogen) atoms. The summed E-state index contributed by atoms with van der Waals surface area (Å²) in [6.07, 6.45) is 0.295. The molecule has 0 aliphatic rings. The first kappa shape index (κ1) is 12.0. The Kier molecular flexibility index (Phi) is 3.66. The van der Waals surface area contributed by atoms with Crippen molar-refractivity contribution in [2.45, 2.75) is 6.42 Å². The van der Waals surface area contributed by atoms with Crippen molar-refractivity contribution in [3.63, 3.8) is 0 Å². The van der Waals surface area contributed by atoms with Gasteiger partial charge < -0.3 is 10.4 Å². The smallest absolute Gasteiger partial charge is 0.229 e. The lowest BCUT2D eigenvalue weighted by atomic mass is 10.2. The van der Waals surface area contributed by atoms with Crippen molar-refractivity contribution in [2.24, 2.45) is 0 Å². The van der Waals surface area contributed by atoms with Crippen molar-refractivity contribution < 1.29 is 9.90 Å². The third-order valence-corrected chi connectivity index (χ3v) is 3.26. The number of halogens is 1. The molecule has 0 fully saturated rings. The van der Waals surface area contributed by atoms with Gasteiger partial charge >= 0.3 is 0 Å². The first-order valence-corrected chi connectivity index (χ1v) is 6.21. The molecule has 88 valence electrons. The minimum Gasteiger partial charge on any atom is -0.506 e. The maximum Gasteiger partial charge on any atom is 0.229 e. The molecule has 2 aromatic rings. The van der Waals surface area contributed by atoms with E-state index in [2.05, 4.69) is 5.32 Å². The third kappa shape index (κ3) is 3.22. The van der Waals surface area contributed by atoms with Crippen molar-refractivity contribution in [1.82, 2.24) is 0 Å². The Morgan fingerprint density at radius 2 is 2.24 bits per heavy atom. The van der Waals surface area contributed by atoms with Crippen molar-refractivity contribution in [1.29, 1.82) is 0 Å². The van der Waals surface area contributed by atoms with Gasteiger partial charge in [-0.15, -0.1) is 11.3 Å². The van der Waals surface area contributed by atoms with Gasteiger partial charge in [-0.1, -0.05) is 17.7 Å². The van der Waals surface area contributed by atoms with E-state index in [1.54, 1.807) is 6.07 Å². The number of hydrogen-bond acceptors (Lipinski definition) is 3. The average molecular weight is 268 g/mol. The number of phenolic OH excluding ortho intramolecular Hbond substituents is 1. The number of aromatic hydroxyl groups is 1. The molecule has 2 rings (SSSR count). The summed E-state index contributed by atoms with van der Waals surface area (Å²) in [5, 5.41) is 14.5. The molecule has 0 bridgehead atoms. The molecule has 0 radical (unpaired) electrons. The van der Waals surface area contributed by atoms with Gasteiger partial charge in [-0.2, -0.15) is 0 Å². The largest absolute Gasteiger partial charge is 0.506 e. The zero-order valence-corrected chi connectivity index (χ0v) is 10.4. The van der Waals surface area contributed by atoms with Gasteiger partial charge in [-0.05, 0) is 29.6 Å². The van der Waals surface area contributed by atoms with Gasteiger partial charge in [-0.25, -0.2) is 0 Å². The van der Waals surface area contributed by atoms with E-state index in [1.165, 1.54) is 23.5 Å². The molecule has 0 saturated heterocycles. The van der Waals surface area contributed by atoms with Crippen LogP contribution in [0, 0.1) is 0 Å². The second-order valence-electron chi connectivity index (χ2n) is 3.47. The molecule has 0 unspecified atom stereocenters. The number of carbonyl (C=O) groups is 1. The predicted molar refractivity (Wildman–Crippen MR) is 69.8 cm³/mol. The molecule has 1 amide bonds. The third-order valence-electron chi connectivity index (χ3n) is 2.15. The summed E-state index contributed by atoms with van der Waals surface area (Å²) >= 11 is 7.30. The monoisotopic (exact) mass is 267 g/mol. The fourth-order valence-corrected chi connectivity index (χ4v) is 2.25. The first-order chi connectivity index (χ1) is 8.15. The van der Waals surface area contributed by atoms with Crippen LogP contribution in [0.5, 0.6) is 5.75 Å². The van der Waals surface area contributed by atoms with E-state index >= 15 is 0 Å². The molecule has 0 aliphatic carbocycles. The standard InChI is InChI=1S/C12H10ClNO2S/c13-8-3-4-11(15)10(6-8)14-12(16)7-9-2-1-5-17-9/h1-6,15H,7H2,(H,14,16). The highest BCUT2D eigenvalue weighted by Crippen LogP contribution is 2.26. The van der Waals surface area contributed by atoms with Crippen molar-refractivity contribution in [3.05, 3.63) is 45.6 Å². The lowest BCUT2D eigenvalue weighted by molar-refractivity contribution is -0.115. The summed E-state index contributed by atoms with van der Waals surface area (Å²) < 4.78 is 0. The van der Waals surface area contributed by atoms with Crippen molar-refractivity contribution >= 4 is 34.5 Å². The lowest BCUT2D eigenvalue weighted by Crippen LogP contribution is -2.13. The number of phenols is 1. The zero-order valence-electron chi connectivity index (χ0n) is 8.81. The maximum atomic E-state index is 11.7. The number of amides is 1. The van der Waals surface area contributed by atoms with Crippen LogP contribution in [0.3, 0.4) is 0 Å². The summed E-state index contributed by atoms with van der Waals surface area (Å²) in [6, 6.07) is 8.31. The molecule has 0 aliphatic heterocycles. The minimum atomic E-state index is -0.176. The molecule has 1 heterocycles. The summed E-state index contributed by atoms with van der Waals surface area (Å²) in [7, 11) is 0. The van der Waals surface area contributed by atoms with Crippen molar-refractivity contribution in [3.8, 4) is 5.75 Å². The van der Waals surface area contributed by atoms with E-state index in [-0.39, 0.29) is 11.7 Å². The summed E-state index contributed by atoms with van der Waals surface area (Å²) in [5.41, 5.74) is 0.332. The van der Waals surface area contributed by atoms with Gasteiger partial charge in [-0.3, -0.25) is 4.79 Å². The number of anilines is 1. The number of hydrogen-bond donors (Lipinski definition) is 2. The minimum absolute atomic E-state index is 0.00827. The number of benzene rings is 1. The number of thiophene rings is 1. The molecule has 0 saturated carbocycles. The molecule has 3 nitrogen and oxygen atoms in total. The number of nitrogens with one attached hydrogen (secondary N) is 1. The van der Waals surface area contributed by atoms with Gasteiger partial charge in [0.05, 0.1) is 12.1 Å². The second kappa shape index (κ2) is 5.21. The van der Waals surface area contributed by atoms with E-state index in [9.17, 15) is 9.90 Å². The lowest BCUT2D eigenvalue weighted by Gasteiger charge is -2.06. The highest BCUT2D eigenvalue weighted by Gasteiger charge is 2.08. The van der Waals surface area contributed by atoms with Gasteiger partial charge in [0.2, 0.25) is 5.91 Å². The normalized spacial score (nSPS) is 10.2. The Morgan fingerprint density at radius 1 is 1.41 bits per heavy atom. The Labute approximate surface area is 108 Å². The van der Waals surface area contributed by atoms with Gasteiger partial charge in [0.15, 0.2) is 0 Å². The first-order valence-electron chi connectivity index (χ1n) is 4.96. The van der Waals surface area contributed by atoms with Crippen LogP contribution < -0.4 is 5.32 Å². The van der Waals surface area contributed by atoms with Crippen LogP contribution in [0.1, 0.15) is 4.88 Å². The zero-order chi connectivity index (χ0) is 12.3. The van der Waals surface area contributed by atoms with Crippen LogP contribution in [0.15, 0.2) is 35.7 Å². The molecule has 1 aromatic heterocycles. The van der Waals surface area contributed by atoms with Gasteiger partial charge in [0.25, 0.3) is 0 Å². The van der Waals surface area contributed by atoms with E-state index in [4.69, 9.17) is 11.6 Å². The summed E-state index contributed by atoms with van der Waals surface area (Å²) in [6.45, 7) is 0. The van der Waals surface area contributed by atoms with Crippen LogP contribution in [0.4, 0.5) is 5.69 Å². The topological polar surface area (TPSA) is 49.3 Å². The molecular formula is C12H10ClNO2S. The molecule has 0 atom stereocenters. The van der Waals surface area contributed by atoms with E-state index < -0.39 is 0 Å². The summed E-state index contributed by atoms with van der Waals surface area (Å²) in [5.74, 6) is -0.168.